The summed E-state index contributed by atoms with van der Waals surface area (Å²) in [6.07, 6.45) is 0.986. The zero-order valence-corrected chi connectivity index (χ0v) is 9.67. The third-order valence-electron chi connectivity index (χ3n) is 2.61. The molecule has 1 unspecified atom stereocenters. The van der Waals surface area contributed by atoms with Gasteiger partial charge in [0.2, 0.25) is 0 Å². The van der Waals surface area contributed by atoms with E-state index in [2.05, 4.69) is 45.9 Å². The van der Waals surface area contributed by atoms with Gasteiger partial charge in [-0.3, -0.25) is 0 Å². The molecule has 0 aliphatic heterocycles. The van der Waals surface area contributed by atoms with Gasteiger partial charge in [0.25, 0.3) is 0 Å². The zero-order chi connectivity index (χ0) is 10.7. The summed E-state index contributed by atoms with van der Waals surface area (Å²) in [6.45, 7) is 8.62. The lowest BCUT2D eigenvalue weighted by Crippen LogP contribution is -2.28. The Labute approximate surface area is 87.3 Å². The summed E-state index contributed by atoms with van der Waals surface area (Å²) >= 11 is 0. The monoisotopic (exact) mass is 191 g/mol. The molecule has 1 nitrogen and oxygen atoms in total. The Morgan fingerprint density at radius 1 is 1.07 bits per heavy atom. The van der Waals surface area contributed by atoms with Crippen LogP contribution >= 0.6 is 0 Å². The van der Waals surface area contributed by atoms with Gasteiger partial charge in [-0.05, 0) is 31.7 Å². The molecular weight excluding hydrogens is 170 g/mol. The summed E-state index contributed by atoms with van der Waals surface area (Å²) in [4.78, 5) is 0. The first-order valence-electron chi connectivity index (χ1n) is 5.32. The number of rotatable bonds is 3. The standard InChI is InChI=1S/C13H21N/c1-9(2)13(14)8-12-6-10(3)5-11(4)7-12/h5-7,9,13H,8,14H2,1-4H3. The molecule has 1 atom stereocenters. The quantitative estimate of drug-likeness (QED) is 0.781. The molecule has 1 rings (SSSR count). The second kappa shape index (κ2) is 4.61. The van der Waals surface area contributed by atoms with Gasteiger partial charge in [0.1, 0.15) is 0 Å². The van der Waals surface area contributed by atoms with Gasteiger partial charge in [0.05, 0.1) is 0 Å². The van der Waals surface area contributed by atoms with Crippen molar-refractivity contribution in [1.29, 1.82) is 0 Å². The van der Waals surface area contributed by atoms with Crippen molar-refractivity contribution in [2.45, 2.75) is 40.2 Å². The lowest BCUT2D eigenvalue weighted by molar-refractivity contribution is 0.490. The van der Waals surface area contributed by atoms with Crippen LogP contribution in [-0.2, 0) is 6.42 Å². The van der Waals surface area contributed by atoms with Crippen LogP contribution in [0.25, 0.3) is 0 Å². The van der Waals surface area contributed by atoms with Gasteiger partial charge in [-0.2, -0.15) is 0 Å². The first-order chi connectivity index (χ1) is 6.49. The predicted molar refractivity (Wildman–Crippen MR) is 62.4 cm³/mol. The highest BCUT2D eigenvalue weighted by atomic mass is 14.6. The van der Waals surface area contributed by atoms with Crippen LogP contribution in [0.3, 0.4) is 0 Å². The molecule has 0 heterocycles. The van der Waals surface area contributed by atoms with E-state index in [0.29, 0.717) is 5.92 Å². The minimum atomic E-state index is 0.274. The second-order valence-corrected chi connectivity index (χ2v) is 4.61. The van der Waals surface area contributed by atoms with E-state index in [9.17, 15) is 0 Å². The molecule has 1 aromatic rings. The normalized spacial score (nSPS) is 13.3. The maximum absolute atomic E-state index is 6.05. The second-order valence-electron chi connectivity index (χ2n) is 4.61. The summed E-state index contributed by atoms with van der Waals surface area (Å²) in [5, 5.41) is 0. The zero-order valence-electron chi connectivity index (χ0n) is 9.67. The van der Waals surface area contributed by atoms with Crippen LogP contribution in [0.2, 0.25) is 0 Å². The fourth-order valence-corrected chi connectivity index (χ4v) is 1.69. The summed E-state index contributed by atoms with van der Waals surface area (Å²) in [7, 11) is 0. The number of benzene rings is 1. The van der Waals surface area contributed by atoms with Gasteiger partial charge in [0, 0.05) is 6.04 Å². The van der Waals surface area contributed by atoms with Gasteiger partial charge in [0.15, 0.2) is 0 Å². The molecule has 0 spiro atoms. The van der Waals surface area contributed by atoms with Gasteiger partial charge in [-0.25, -0.2) is 0 Å². The largest absolute Gasteiger partial charge is 0.327 e. The van der Waals surface area contributed by atoms with E-state index in [1.165, 1.54) is 16.7 Å². The SMILES string of the molecule is Cc1cc(C)cc(CC(N)C(C)C)c1. The Morgan fingerprint density at radius 3 is 2.00 bits per heavy atom. The maximum Gasteiger partial charge on any atom is 0.0102 e. The minimum absolute atomic E-state index is 0.274. The average Bonchev–Trinajstić information content (AvgIpc) is 2.01. The van der Waals surface area contributed by atoms with Crippen molar-refractivity contribution in [2.75, 3.05) is 0 Å². The molecule has 0 bridgehead atoms. The Bertz CT molecular complexity index is 282. The van der Waals surface area contributed by atoms with E-state index in [1.807, 2.05) is 0 Å². The van der Waals surface area contributed by atoms with E-state index in [-0.39, 0.29) is 6.04 Å². The first-order valence-corrected chi connectivity index (χ1v) is 5.32. The lowest BCUT2D eigenvalue weighted by atomic mass is 9.95. The molecule has 1 aromatic carbocycles. The maximum atomic E-state index is 6.05. The van der Waals surface area contributed by atoms with Crippen molar-refractivity contribution in [3.63, 3.8) is 0 Å². The van der Waals surface area contributed by atoms with Crippen LogP contribution in [0.1, 0.15) is 30.5 Å². The Hall–Kier alpha value is -0.820. The molecule has 1 heteroatoms. The molecule has 2 N–H and O–H groups in total. The fraction of sp³-hybridized carbons (Fsp3) is 0.538. The van der Waals surface area contributed by atoms with Gasteiger partial charge >= 0.3 is 0 Å². The molecule has 0 aliphatic rings. The summed E-state index contributed by atoms with van der Waals surface area (Å²) < 4.78 is 0. The Balaban J connectivity index is 2.76. The van der Waals surface area contributed by atoms with Crippen LogP contribution in [-0.4, -0.2) is 6.04 Å². The Kier molecular flexibility index (Phi) is 3.70. The molecule has 0 aromatic heterocycles. The Morgan fingerprint density at radius 2 is 1.57 bits per heavy atom. The van der Waals surface area contributed by atoms with Crippen molar-refractivity contribution in [3.8, 4) is 0 Å². The van der Waals surface area contributed by atoms with Gasteiger partial charge < -0.3 is 5.73 Å². The molecule has 0 saturated heterocycles. The topological polar surface area (TPSA) is 26.0 Å². The van der Waals surface area contributed by atoms with Crippen LogP contribution in [0, 0.1) is 19.8 Å². The van der Waals surface area contributed by atoms with Gasteiger partial charge in [-0.15, -0.1) is 0 Å². The molecule has 0 radical (unpaired) electrons. The number of nitrogens with two attached hydrogens (primary N) is 1. The molecule has 14 heavy (non-hydrogen) atoms. The number of hydrogen-bond acceptors (Lipinski definition) is 1. The van der Waals surface area contributed by atoms with Crippen molar-refractivity contribution in [3.05, 3.63) is 34.9 Å². The highest BCUT2D eigenvalue weighted by molar-refractivity contribution is 5.29. The lowest BCUT2D eigenvalue weighted by Gasteiger charge is -2.16. The molecule has 0 fully saturated rings. The van der Waals surface area contributed by atoms with Crippen molar-refractivity contribution in [1.82, 2.24) is 0 Å². The number of aryl methyl sites for hydroxylation is 2. The predicted octanol–water partition coefficient (Wildman–Crippen LogP) is 2.83. The highest BCUT2D eigenvalue weighted by Gasteiger charge is 2.08. The van der Waals surface area contributed by atoms with Crippen molar-refractivity contribution < 1.29 is 0 Å². The molecular formula is C13H21N. The van der Waals surface area contributed by atoms with Crippen LogP contribution in [0.15, 0.2) is 18.2 Å². The summed E-state index contributed by atoms with van der Waals surface area (Å²) in [5.41, 5.74) is 10.1. The smallest absolute Gasteiger partial charge is 0.0102 e. The van der Waals surface area contributed by atoms with Crippen molar-refractivity contribution in [2.24, 2.45) is 11.7 Å². The summed E-state index contributed by atoms with van der Waals surface area (Å²) in [6, 6.07) is 6.94. The molecule has 0 amide bonds. The number of hydrogen-bond donors (Lipinski definition) is 1. The van der Waals surface area contributed by atoms with Crippen LogP contribution in [0.5, 0.6) is 0 Å². The van der Waals surface area contributed by atoms with E-state index in [4.69, 9.17) is 5.73 Å². The van der Waals surface area contributed by atoms with Crippen LogP contribution in [0.4, 0.5) is 0 Å². The third-order valence-corrected chi connectivity index (χ3v) is 2.61. The molecule has 78 valence electrons. The van der Waals surface area contributed by atoms with E-state index >= 15 is 0 Å². The minimum Gasteiger partial charge on any atom is -0.327 e. The third kappa shape index (κ3) is 3.15. The summed E-state index contributed by atoms with van der Waals surface area (Å²) in [5.74, 6) is 0.552. The first kappa shape index (κ1) is 11.3. The van der Waals surface area contributed by atoms with E-state index in [1.54, 1.807) is 0 Å². The van der Waals surface area contributed by atoms with E-state index < -0.39 is 0 Å². The average molecular weight is 191 g/mol. The highest BCUT2D eigenvalue weighted by Crippen LogP contribution is 2.12. The van der Waals surface area contributed by atoms with Crippen LogP contribution < -0.4 is 5.73 Å². The fourth-order valence-electron chi connectivity index (χ4n) is 1.69. The van der Waals surface area contributed by atoms with Gasteiger partial charge in [-0.1, -0.05) is 43.2 Å². The van der Waals surface area contributed by atoms with Crippen molar-refractivity contribution >= 4 is 0 Å². The molecule has 0 saturated carbocycles. The van der Waals surface area contributed by atoms with E-state index in [0.717, 1.165) is 6.42 Å². The molecule has 0 aliphatic carbocycles.